The molecule has 0 saturated carbocycles. The summed E-state index contributed by atoms with van der Waals surface area (Å²) in [6.45, 7) is 6.80. The Morgan fingerprint density at radius 2 is 1.96 bits per heavy atom. The van der Waals surface area contributed by atoms with Crippen molar-refractivity contribution in [2.24, 2.45) is 13.0 Å². The van der Waals surface area contributed by atoms with Gasteiger partial charge in [-0.15, -0.1) is 0 Å². The first kappa shape index (κ1) is 14.7. The molecule has 3 fully saturated rings. The third-order valence-electron chi connectivity index (χ3n) is 5.85. The molecule has 1 aromatic carbocycles. The monoisotopic (exact) mass is 312 g/mol. The lowest BCUT2D eigenvalue weighted by Gasteiger charge is -2.56. The van der Waals surface area contributed by atoms with Crippen LogP contribution in [0.2, 0.25) is 0 Å². The summed E-state index contributed by atoms with van der Waals surface area (Å²) >= 11 is 0. The molecule has 0 spiro atoms. The van der Waals surface area contributed by atoms with E-state index in [0.717, 1.165) is 24.0 Å². The van der Waals surface area contributed by atoms with E-state index in [1.165, 1.54) is 12.8 Å². The Labute approximate surface area is 136 Å². The lowest BCUT2D eigenvalue weighted by Crippen LogP contribution is -2.69. The standard InChI is InChI=1S/C18H24N4O/c1-18(2)16(12-8-10-22(18)11-9-12)19-17(23)15-13-6-4-5-7-14(13)21(3)20-15/h4-7,12,16H,8-11H2,1-3H3,(H,19,23). The number of aromatic nitrogens is 2. The van der Waals surface area contributed by atoms with Crippen molar-refractivity contribution < 1.29 is 4.79 Å². The number of amides is 1. The molecular weight excluding hydrogens is 288 g/mol. The van der Waals surface area contributed by atoms with Crippen LogP contribution >= 0.6 is 0 Å². The molecule has 5 heteroatoms. The lowest BCUT2D eigenvalue weighted by atomic mass is 9.72. The van der Waals surface area contributed by atoms with Gasteiger partial charge in [0.15, 0.2) is 5.69 Å². The zero-order valence-electron chi connectivity index (χ0n) is 14.0. The minimum atomic E-state index is -0.0476. The van der Waals surface area contributed by atoms with Gasteiger partial charge in [0.05, 0.1) is 5.52 Å². The molecule has 5 rings (SSSR count). The van der Waals surface area contributed by atoms with Gasteiger partial charge in [-0.1, -0.05) is 18.2 Å². The van der Waals surface area contributed by atoms with Crippen molar-refractivity contribution in [1.29, 1.82) is 0 Å². The van der Waals surface area contributed by atoms with Crippen LogP contribution < -0.4 is 5.32 Å². The molecule has 3 aliphatic heterocycles. The van der Waals surface area contributed by atoms with E-state index in [4.69, 9.17) is 0 Å². The molecule has 3 aliphatic rings. The third-order valence-corrected chi connectivity index (χ3v) is 5.85. The zero-order valence-corrected chi connectivity index (χ0v) is 14.0. The minimum absolute atomic E-state index is 0.0153. The first-order chi connectivity index (χ1) is 11.0. The van der Waals surface area contributed by atoms with Crippen LogP contribution in [0.25, 0.3) is 10.9 Å². The summed E-state index contributed by atoms with van der Waals surface area (Å²) in [5.41, 5.74) is 1.54. The SMILES string of the molecule is Cn1nc(C(=O)NC2C3CCN(CC3)C2(C)C)c2ccccc21. The molecule has 2 aromatic rings. The van der Waals surface area contributed by atoms with Crippen LogP contribution in [0.15, 0.2) is 24.3 Å². The summed E-state index contributed by atoms with van der Waals surface area (Å²) < 4.78 is 1.78. The summed E-state index contributed by atoms with van der Waals surface area (Å²) in [6.07, 6.45) is 2.36. The summed E-state index contributed by atoms with van der Waals surface area (Å²) in [5.74, 6) is 0.530. The van der Waals surface area contributed by atoms with Crippen molar-refractivity contribution in [3.63, 3.8) is 0 Å². The molecule has 3 saturated heterocycles. The van der Waals surface area contributed by atoms with Crippen LogP contribution in [0, 0.1) is 5.92 Å². The van der Waals surface area contributed by atoms with Gasteiger partial charge in [0.1, 0.15) is 0 Å². The average molecular weight is 312 g/mol. The number of benzene rings is 1. The Hall–Kier alpha value is -1.88. The van der Waals surface area contributed by atoms with Gasteiger partial charge in [0.25, 0.3) is 5.91 Å². The molecule has 0 radical (unpaired) electrons. The van der Waals surface area contributed by atoms with Crippen LogP contribution in [0.1, 0.15) is 37.2 Å². The van der Waals surface area contributed by atoms with E-state index in [9.17, 15) is 4.79 Å². The van der Waals surface area contributed by atoms with E-state index in [1.54, 1.807) is 4.68 Å². The highest BCUT2D eigenvalue weighted by atomic mass is 16.2. The van der Waals surface area contributed by atoms with E-state index in [2.05, 4.69) is 29.2 Å². The van der Waals surface area contributed by atoms with Crippen molar-refractivity contribution in [3.8, 4) is 0 Å². The molecule has 122 valence electrons. The number of carbonyl (C=O) groups is 1. The fraction of sp³-hybridized carbons (Fsp3) is 0.556. The number of fused-ring (bicyclic) bond motifs is 4. The predicted octanol–water partition coefficient (Wildman–Crippen LogP) is 2.18. The van der Waals surface area contributed by atoms with Crippen LogP contribution in [0.5, 0.6) is 0 Å². The molecule has 1 N–H and O–H groups in total. The molecule has 1 aromatic heterocycles. The summed E-state index contributed by atoms with van der Waals surface area (Å²) in [7, 11) is 1.89. The predicted molar refractivity (Wildman–Crippen MR) is 90.3 cm³/mol. The second-order valence-electron chi connectivity index (χ2n) is 7.42. The molecule has 1 atom stereocenters. The molecule has 0 aliphatic carbocycles. The van der Waals surface area contributed by atoms with Crippen molar-refractivity contribution in [2.75, 3.05) is 13.1 Å². The number of piperidine rings is 3. The van der Waals surface area contributed by atoms with Gasteiger partial charge in [-0.2, -0.15) is 5.10 Å². The minimum Gasteiger partial charge on any atom is -0.346 e. The average Bonchev–Trinajstić information content (AvgIpc) is 2.89. The Bertz CT molecular complexity index is 755. The number of aryl methyl sites for hydroxylation is 1. The highest BCUT2D eigenvalue weighted by molar-refractivity contribution is 6.05. The largest absolute Gasteiger partial charge is 0.346 e. The number of hydrogen-bond donors (Lipinski definition) is 1. The lowest BCUT2D eigenvalue weighted by molar-refractivity contribution is -0.0378. The topological polar surface area (TPSA) is 50.2 Å². The number of rotatable bonds is 2. The zero-order chi connectivity index (χ0) is 16.2. The van der Waals surface area contributed by atoms with Crippen molar-refractivity contribution >= 4 is 16.8 Å². The molecule has 1 unspecified atom stereocenters. The number of nitrogens with one attached hydrogen (secondary N) is 1. The highest BCUT2D eigenvalue weighted by Crippen LogP contribution is 2.39. The first-order valence-corrected chi connectivity index (χ1v) is 8.46. The van der Waals surface area contributed by atoms with E-state index in [0.29, 0.717) is 11.6 Å². The van der Waals surface area contributed by atoms with Crippen LogP contribution in [-0.2, 0) is 7.05 Å². The van der Waals surface area contributed by atoms with Crippen molar-refractivity contribution in [2.45, 2.75) is 38.3 Å². The Morgan fingerprint density at radius 1 is 1.26 bits per heavy atom. The molecule has 5 nitrogen and oxygen atoms in total. The van der Waals surface area contributed by atoms with Crippen molar-refractivity contribution in [1.82, 2.24) is 20.0 Å². The normalized spacial score (nSPS) is 28.9. The number of hydrogen-bond acceptors (Lipinski definition) is 3. The van der Waals surface area contributed by atoms with Gasteiger partial charge >= 0.3 is 0 Å². The third kappa shape index (κ3) is 2.17. The summed E-state index contributed by atoms with van der Waals surface area (Å²) in [4.78, 5) is 15.4. The maximum absolute atomic E-state index is 12.9. The van der Waals surface area contributed by atoms with E-state index < -0.39 is 0 Å². The Balaban J connectivity index is 1.65. The van der Waals surface area contributed by atoms with Gasteiger partial charge in [-0.25, -0.2) is 0 Å². The fourth-order valence-corrected chi connectivity index (χ4v) is 4.47. The Morgan fingerprint density at radius 3 is 2.65 bits per heavy atom. The quantitative estimate of drug-likeness (QED) is 0.924. The van der Waals surface area contributed by atoms with Crippen LogP contribution in [0.3, 0.4) is 0 Å². The molecular formula is C18H24N4O. The van der Waals surface area contributed by atoms with Crippen LogP contribution in [0.4, 0.5) is 0 Å². The Kier molecular flexibility index (Phi) is 3.23. The van der Waals surface area contributed by atoms with E-state index >= 15 is 0 Å². The second-order valence-corrected chi connectivity index (χ2v) is 7.42. The summed E-state index contributed by atoms with van der Waals surface area (Å²) in [6, 6.07) is 8.09. The molecule has 4 heterocycles. The van der Waals surface area contributed by atoms with E-state index in [-0.39, 0.29) is 17.5 Å². The maximum Gasteiger partial charge on any atom is 0.272 e. The molecule has 23 heavy (non-hydrogen) atoms. The van der Waals surface area contributed by atoms with Crippen LogP contribution in [-0.4, -0.2) is 45.3 Å². The number of nitrogens with zero attached hydrogens (tertiary/aromatic N) is 3. The van der Waals surface area contributed by atoms with Gasteiger partial charge in [-0.3, -0.25) is 14.4 Å². The number of carbonyl (C=O) groups excluding carboxylic acids is 1. The van der Waals surface area contributed by atoms with Gasteiger partial charge in [-0.05, 0) is 51.8 Å². The fourth-order valence-electron chi connectivity index (χ4n) is 4.47. The van der Waals surface area contributed by atoms with E-state index in [1.807, 2.05) is 31.3 Å². The number of para-hydroxylation sites is 1. The smallest absolute Gasteiger partial charge is 0.272 e. The molecule has 2 bridgehead atoms. The second kappa shape index (κ2) is 5.06. The van der Waals surface area contributed by atoms with Gasteiger partial charge < -0.3 is 5.32 Å². The maximum atomic E-state index is 12.9. The summed E-state index contributed by atoms with van der Waals surface area (Å²) in [5, 5.41) is 8.68. The van der Waals surface area contributed by atoms with Crippen molar-refractivity contribution in [3.05, 3.63) is 30.0 Å². The first-order valence-electron chi connectivity index (χ1n) is 8.46. The highest BCUT2D eigenvalue weighted by Gasteiger charge is 2.48. The van der Waals surface area contributed by atoms with Gasteiger partial charge in [0.2, 0.25) is 0 Å². The molecule has 1 amide bonds. The van der Waals surface area contributed by atoms with Gasteiger partial charge in [0, 0.05) is 24.0 Å².